The summed E-state index contributed by atoms with van der Waals surface area (Å²) in [6.07, 6.45) is 0.397. The van der Waals surface area contributed by atoms with Crippen molar-refractivity contribution in [2.45, 2.75) is 26.3 Å². The minimum absolute atomic E-state index is 0.0415. The molecule has 0 radical (unpaired) electrons. The summed E-state index contributed by atoms with van der Waals surface area (Å²) >= 11 is 4.74. The standard InChI is InChI=1S/C12H15FN2OS/c1-7-4-3-5-9(11(7)13)12(16)15-8(2)6-10(14)17/h3-5,8H,6H2,1-2H3,(H2,14,17)(H,15,16). The molecule has 0 fully saturated rings. The number of carbonyl (C=O) groups excluding carboxylic acids is 1. The summed E-state index contributed by atoms with van der Waals surface area (Å²) in [5.41, 5.74) is 5.85. The number of thiocarbonyl (C=S) groups is 1. The van der Waals surface area contributed by atoms with Crippen LogP contribution in [0.4, 0.5) is 4.39 Å². The molecule has 0 saturated heterocycles. The smallest absolute Gasteiger partial charge is 0.254 e. The highest BCUT2D eigenvalue weighted by Crippen LogP contribution is 2.12. The van der Waals surface area contributed by atoms with Gasteiger partial charge in [0.25, 0.3) is 5.91 Å². The van der Waals surface area contributed by atoms with Gasteiger partial charge in [0.2, 0.25) is 0 Å². The van der Waals surface area contributed by atoms with E-state index >= 15 is 0 Å². The van der Waals surface area contributed by atoms with Crippen molar-refractivity contribution in [3.8, 4) is 0 Å². The van der Waals surface area contributed by atoms with Crippen LogP contribution in [0.15, 0.2) is 18.2 Å². The molecule has 3 N–H and O–H groups in total. The summed E-state index contributed by atoms with van der Waals surface area (Å²) in [6, 6.07) is 4.50. The van der Waals surface area contributed by atoms with Gasteiger partial charge < -0.3 is 11.1 Å². The number of amides is 1. The summed E-state index contributed by atoms with van der Waals surface area (Å²) in [4.78, 5) is 12.1. The van der Waals surface area contributed by atoms with Crippen molar-refractivity contribution >= 4 is 23.1 Å². The van der Waals surface area contributed by atoms with Crippen molar-refractivity contribution in [1.29, 1.82) is 0 Å². The second kappa shape index (κ2) is 5.72. The maximum absolute atomic E-state index is 13.7. The van der Waals surface area contributed by atoms with Crippen LogP contribution in [-0.4, -0.2) is 16.9 Å². The van der Waals surface area contributed by atoms with Gasteiger partial charge in [0.1, 0.15) is 5.82 Å². The number of hydrogen-bond donors (Lipinski definition) is 2. The molecule has 1 amide bonds. The van der Waals surface area contributed by atoms with Crippen molar-refractivity contribution in [3.63, 3.8) is 0 Å². The molecule has 5 heteroatoms. The first-order valence-electron chi connectivity index (χ1n) is 5.26. The molecule has 92 valence electrons. The van der Waals surface area contributed by atoms with Gasteiger partial charge in [-0.25, -0.2) is 4.39 Å². The number of halogens is 1. The minimum atomic E-state index is -0.493. The highest BCUT2D eigenvalue weighted by molar-refractivity contribution is 7.80. The van der Waals surface area contributed by atoms with Crippen LogP contribution in [0.1, 0.15) is 29.3 Å². The maximum atomic E-state index is 13.7. The zero-order valence-electron chi connectivity index (χ0n) is 9.79. The van der Waals surface area contributed by atoms with Crippen molar-refractivity contribution in [1.82, 2.24) is 5.32 Å². The Kier molecular flexibility index (Phi) is 4.57. The van der Waals surface area contributed by atoms with Crippen LogP contribution in [0.5, 0.6) is 0 Å². The Morgan fingerprint density at radius 3 is 2.82 bits per heavy atom. The van der Waals surface area contributed by atoms with Gasteiger partial charge in [0.05, 0.1) is 10.6 Å². The summed E-state index contributed by atoms with van der Waals surface area (Å²) in [5, 5.41) is 2.65. The van der Waals surface area contributed by atoms with Crippen LogP contribution >= 0.6 is 12.2 Å². The zero-order valence-corrected chi connectivity index (χ0v) is 10.6. The van der Waals surface area contributed by atoms with Gasteiger partial charge in [-0.3, -0.25) is 4.79 Å². The van der Waals surface area contributed by atoms with Gasteiger partial charge in [-0.05, 0) is 25.5 Å². The van der Waals surface area contributed by atoms with Gasteiger partial charge in [-0.15, -0.1) is 0 Å². The van der Waals surface area contributed by atoms with Crippen molar-refractivity contribution < 1.29 is 9.18 Å². The molecular formula is C12H15FN2OS. The van der Waals surface area contributed by atoms with E-state index in [1.807, 2.05) is 0 Å². The Hall–Kier alpha value is -1.49. The van der Waals surface area contributed by atoms with Gasteiger partial charge in [-0.2, -0.15) is 0 Å². The first-order chi connectivity index (χ1) is 7.91. The second-order valence-corrected chi connectivity index (χ2v) is 4.51. The van der Waals surface area contributed by atoms with Crippen LogP contribution in [0.2, 0.25) is 0 Å². The average molecular weight is 254 g/mol. The Morgan fingerprint density at radius 1 is 1.59 bits per heavy atom. The van der Waals surface area contributed by atoms with Crippen molar-refractivity contribution in [3.05, 3.63) is 35.1 Å². The van der Waals surface area contributed by atoms with Crippen LogP contribution in [0.3, 0.4) is 0 Å². The number of benzene rings is 1. The molecule has 0 spiro atoms. The van der Waals surface area contributed by atoms with E-state index in [9.17, 15) is 9.18 Å². The van der Waals surface area contributed by atoms with Crippen LogP contribution in [0.25, 0.3) is 0 Å². The fourth-order valence-corrected chi connectivity index (χ4v) is 1.73. The Morgan fingerprint density at radius 2 is 2.24 bits per heavy atom. The lowest BCUT2D eigenvalue weighted by atomic mass is 10.1. The molecule has 0 aliphatic heterocycles. The average Bonchev–Trinajstić information content (AvgIpc) is 2.20. The molecule has 17 heavy (non-hydrogen) atoms. The molecule has 0 aliphatic rings. The summed E-state index contributed by atoms with van der Waals surface area (Å²) < 4.78 is 13.7. The third-order valence-electron chi connectivity index (χ3n) is 2.32. The monoisotopic (exact) mass is 254 g/mol. The maximum Gasteiger partial charge on any atom is 0.254 e. The first-order valence-corrected chi connectivity index (χ1v) is 5.67. The lowest BCUT2D eigenvalue weighted by Crippen LogP contribution is -2.35. The highest BCUT2D eigenvalue weighted by atomic mass is 32.1. The van der Waals surface area contributed by atoms with E-state index in [0.29, 0.717) is 17.0 Å². The molecule has 1 rings (SSSR count). The lowest BCUT2D eigenvalue weighted by molar-refractivity contribution is 0.0937. The Labute approximate surface area is 105 Å². The fraction of sp³-hybridized carbons (Fsp3) is 0.333. The van der Waals surface area contributed by atoms with E-state index in [4.69, 9.17) is 18.0 Å². The van der Waals surface area contributed by atoms with Crippen LogP contribution in [0, 0.1) is 12.7 Å². The lowest BCUT2D eigenvalue weighted by Gasteiger charge is -2.13. The summed E-state index contributed by atoms with van der Waals surface area (Å²) in [7, 11) is 0. The number of nitrogens with two attached hydrogens (primary N) is 1. The van der Waals surface area contributed by atoms with E-state index < -0.39 is 11.7 Å². The minimum Gasteiger partial charge on any atom is -0.393 e. The molecule has 1 atom stereocenters. The molecule has 1 aromatic rings. The van der Waals surface area contributed by atoms with E-state index in [0.717, 1.165) is 0 Å². The molecular weight excluding hydrogens is 239 g/mol. The molecule has 0 heterocycles. The quantitative estimate of drug-likeness (QED) is 0.807. The molecule has 0 bridgehead atoms. The largest absolute Gasteiger partial charge is 0.393 e. The number of carbonyl (C=O) groups is 1. The fourth-order valence-electron chi connectivity index (χ4n) is 1.48. The van der Waals surface area contributed by atoms with E-state index in [1.54, 1.807) is 26.0 Å². The third-order valence-corrected chi connectivity index (χ3v) is 2.49. The second-order valence-electron chi connectivity index (χ2n) is 3.98. The molecule has 3 nitrogen and oxygen atoms in total. The Bertz CT molecular complexity index is 448. The number of rotatable bonds is 4. The van der Waals surface area contributed by atoms with E-state index in [-0.39, 0.29) is 11.6 Å². The molecule has 1 aromatic carbocycles. The molecule has 0 aliphatic carbocycles. The topological polar surface area (TPSA) is 55.1 Å². The van der Waals surface area contributed by atoms with Gasteiger partial charge in [0, 0.05) is 12.5 Å². The number of aryl methyl sites for hydroxylation is 1. The normalized spacial score (nSPS) is 11.9. The SMILES string of the molecule is Cc1cccc(C(=O)NC(C)CC(N)=S)c1F. The molecule has 1 unspecified atom stereocenters. The predicted molar refractivity (Wildman–Crippen MR) is 69.5 cm³/mol. The number of hydrogen-bond acceptors (Lipinski definition) is 2. The van der Waals surface area contributed by atoms with Crippen molar-refractivity contribution in [2.75, 3.05) is 0 Å². The van der Waals surface area contributed by atoms with Gasteiger partial charge in [0.15, 0.2) is 0 Å². The number of nitrogens with one attached hydrogen (secondary N) is 1. The zero-order chi connectivity index (χ0) is 13.0. The van der Waals surface area contributed by atoms with Crippen molar-refractivity contribution in [2.24, 2.45) is 5.73 Å². The first kappa shape index (κ1) is 13.6. The van der Waals surface area contributed by atoms with E-state index in [2.05, 4.69) is 5.32 Å². The van der Waals surface area contributed by atoms with E-state index in [1.165, 1.54) is 6.07 Å². The highest BCUT2D eigenvalue weighted by Gasteiger charge is 2.15. The summed E-state index contributed by atoms with van der Waals surface area (Å²) in [6.45, 7) is 3.38. The van der Waals surface area contributed by atoms with Crippen LogP contribution < -0.4 is 11.1 Å². The molecule has 0 saturated carbocycles. The van der Waals surface area contributed by atoms with Crippen LogP contribution in [-0.2, 0) is 0 Å². The predicted octanol–water partition coefficient (Wildman–Crippen LogP) is 1.93. The summed E-state index contributed by atoms with van der Waals surface area (Å²) in [5.74, 6) is -0.942. The third kappa shape index (κ3) is 3.78. The van der Waals surface area contributed by atoms with Gasteiger partial charge in [-0.1, -0.05) is 24.4 Å². The molecule has 0 aromatic heterocycles. The Balaban J connectivity index is 2.77. The van der Waals surface area contributed by atoms with Gasteiger partial charge >= 0.3 is 0 Å².